The molecule has 0 unspecified atom stereocenters. The lowest BCUT2D eigenvalue weighted by Gasteiger charge is -2.06. The van der Waals surface area contributed by atoms with Crippen LogP contribution in [0, 0.1) is 0 Å². The molecule has 3 amide bonds. The predicted octanol–water partition coefficient (Wildman–Crippen LogP) is 3.17. The van der Waals surface area contributed by atoms with Gasteiger partial charge in [0.15, 0.2) is 5.01 Å². The molecule has 0 saturated carbocycles. The number of hydrogen-bond acceptors (Lipinski definition) is 4. The molecule has 0 aliphatic heterocycles. The number of rotatable bonds is 3. The number of halogens is 3. The molecule has 0 bridgehead atoms. The molecule has 2 aromatic rings. The fourth-order valence-corrected chi connectivity index (χ4v) is 2.20. The predicted molar refractivity (Wildman–Crippen MR) is 79.6 cm³/mol. The van der Waals surface area contributed by atoms with Crippen LogP contribution in [-0.4, -0.2) is 24.0 Å². The molecule has 0 fully saturated rings. The lowest BCUT2D eigenvalue weighted by atomic mass is 10.2. The topological polar surface area (TPSA) is 83.1 Å². The molecular weight excluding hydrogens is 333 g/mol. The van der Waals surface area contributed by atoms with E-state index in [0.29, 0.717) is 22.7 Å². The maximum atomic E-state index is 12.4. The SMILES string of the molecule is CNC(=O)Nc1ccc(NC(=O)c2csc(C(F)(F)F)n2)cc1. The van der Waals surface area contributed by atoms with Gasteiger partial charge in [-0.3, -0.25) is 4.79 Å². The van der Waals surface area contributed by atoms with Crippen LogP contribution in [0.5, 0.6) is 0 Å². The highest BCUT2D eigenvalue weighted by molar-refractivity contribution is 7.10. The second kappa shape index (κ2) is 6.65. The van der Waals surface area contributed by atoms with Crippen molar-refractivity contribution >= 4 is 34.6 Å². The van der Waals surface area contributed by atoms with Gasteiger partial charge in [0.1, 0.15) is 5.69 Å². The van der Waals surface area contributed by atoms with Crippen molar-refractivity contribution in [3.63, 3.8) is 0 Å². The summed E-state index contributed by atoms with van der Waals surface area (Å²) in [4.78, 5) is 26.2. The summed E-state index contributed by atoms with van der Waals surface area (Å²) in [6.45, 7) is 0. The zero-order valence-electron chi connectivity index (χ0n) is 11.7. The summed E-state index contributed by atoms with van der Waals surface area (Å²) in [5.41, 5.74) is 0.546. The zero-order chi connectivity index (χ0) is 17.0. The Balaban J connectivity index is 2.03. The van der Waals surface area contributed by atoms with E-state index >= 15 is 0 Å². The van der Waals surface area contributed by atoms with Crippen molar-refractivity contribution in [2.24, 2.45) is 0 Å². The average Bonchev–Trinajstić information content (AvgIpc) is 2.99. The number of anilines is 2. The van der Waals surface area contributed by atoms with Crippen molar-refractivity contribution in [1.29, 1.82) is 0 Å². The number of thiazole rings is 1. The molecule has 0 aliphatic rings. The van der Waals surface area contributed by atoms with E-state index in [1.54, 1.807) is 0 Å². The van der Waals surface area contributed by atoms with Crippen molar-refractivity contribution in [2.75, 3.05) is 17.7 Å². The summed E-state index contributed by atoms with van der Waals surface area (Å²) in [6, 6.07) is 5.67. The molecule has 1 aromatic heterocycles. The summed E-state index contributed by atoms with van der Waals surface area (Å²) < 4.78 is 37.3. The Morgan fingerprint density at radius 1 is 1.09 bits per heavy atom. The lowest BCUT2D eigenvalue weighted by Crippen LogP contribution is -2.24. The van der Waals surface area contributed by atoms with Crippen LogP contribution in [0.25, 0.3) is 0 Å². The third-order valence-corrected chi connectivity index (χ3v) is 3.49. The van der Waals surface area contributed by atoms with Gasteiger partial charge < -0.3 is 16.0 Å². The largest absolute Gasteiger partial charge is 0.443 e. The third kappa shape index (κ3) is 4.42. The molecule has 0 saturated heterocycles. The Bertz CT molecular complexity index is 713. The van der Waals surface area contributed by atoms with Gasteiger partial charge in [-0.2, -0.15) is 13.2 Å². The number of alkyl halides is 3. The Hall–Kier alpha value is -2.62. The van der Waals surface area contributed by atoms with E-state index in [-0.39, 0.29) is 5.69 Å². The van der Waals surface area contributed by atoms with E-state index in [2.05, 4.69) is 20.9 Å². The standard InChI is InChI=1S/C13H11F3N4O2S/c1-17-12(22)19-8-4-2-7(3-5-8)18-10(21)9-6-23-11(20-9)13(14,15)16/h2-6H,1H3,(H,18,21)(H2,17,19,22). The Morgan fingerprint density at radius 2 is 1.65 bits per heavy atom. The normalized spacial score (nSPS) is 11.0. The fourth-order valence-electron chi connectivity index (χ4n) is 1.53. The Labute approximate surface area is 132 Å². The van der Waals surface area contributed by atoms with Crippen LogP contribution in [0.3, 0.4) is 0 Å². The molecular formula is C13H11F3N4O2S. The Kier molecular flexibility index (Phi) is 4.84. The summed E-state index contributed by atoms with van der Waals surface area (Å²) in [5.74, 6) is -0.747. The first-order valence-corrected chi connectivity index (χ1v) is 7.10. The summed E-state index contributed by atoms with van der Waals surface area (Å²) >= 11 is 0.356. The minimum atomic E-state index is -4.57. The number of carbonyl (C=O) groups excluding carboxylic acids is 2. The number of benzene rings is 1. The van der Waals surface area contributed by atoms with Gasteiger partial charge in [0.25, 0.3) is 5.91 Å². The van der Waals surface area contributed by atoms with E-state index in [1.807, 2.05) is 0 Å². The molecule has 0 aliphatic carbocycles. The maximum absolute atomic E-state index is 12.4. The lowest BCUT2D eigenvalue weighted by molar-refractivity contribution is -0.137. The van der Waals surface area contributed by atoms with Gasteiger partial charge in [0.2, 0.25) is 0 Å². The summed E-state index contributed by atoms with van der Waals surface area (Å²) in [7, 11) is 1.47. The average molecular weight is 344 g/mol. The van der Waals surface area contributed by atoms with Crippen molar-refractivity contribution in [2.45, 2.75) is 6.18 Å². The highest BCUT2D eigenvalue weighted by Crippen LogP contribution is 2.31. The van der Waals surface area contributed by atoms with Crippen LogP contribution >= 0.6 is 11.3 Å². The number of hydrogen-bond donors (Lipinski definition) is 3. The molecule has 1 heterocycles. The van der Waals surface area contributed by atoms with E-state index < -0.39 is 23.1 Å². The molecule has 0 spiro atoms. The van der Waals surface area contributed by atoms with Crippen LogP contribution in [0.2, 0.25) is 0 Å². The second-order valence-corrected chi connectivity index (χ2v) is 5.13. The minimum Gasteiger partial charge on any atom is -0.341 e. The molecule has 2 rings (SSSR count). The van der Waals surface area contributed by atoms with Gasteiger partial charge in [0.05, 0.1) is 0 Å². The molecule has 6 nitrogen and oxygen atoms in total. The number of nitrogens with zero attached hydrogens (tertiary/aromatic N) is 1. The van der Waals surface area contributed by atoms with Crippen molar-refractivity contribution in [3.8, 4) is 0 Å². The van der Waals surface area contributed by atoms with E-state index in [0.717, 1.165) is 5.38 Å². The third-order valence-electron chi connectivity index (χ3n) is 2.61. The number of nitrogens with one attached hydrogen (secondary N) is 3. The second-order valence-electron chi connectivity index (χ2n) is 4.27. The first kappa shape index (κ1) is 16.7. The smallest absolute Gasteiger partial charge is 0.341 e. The molecule has 23 heavy (non-hydrogen) atoms. The van der Waals surface area contributed by atoms with Gasteiger partial charge in [-0.05, 0) is 24.3 Å². The highest BCUT2D eigenvalue weighted by atomic mass is 32.1. The number of urea groups is 1. The molecule has 1 aromatic carbocycles. The maximum Gasteiger partial charge on any atom is 0.443 e. The highest BCUT2D eigenvalue weighted by Gasteiger charge is 2.35. The number of amides is 3. The van der Waals surface area contributed by atoms with Gasteiger partial charge in [-0.1, -0.05) is 0 Å². The Morgan fingerprint density at radius 3 is 2.13 bits per heavy atom. The van der Waals surface area contributed by atoms with Gasteiger partial charge in [0, 0.05) is 23.8 Å². The van der Waals surface area contributed by atoms with Crippen molar-refractivity contribution in [3.05, 3.63) is 40.3 Å². The van der Waals surface area contributed by atoms with Crippen LogP contribution < -0.4 is 16.0 Å². The van der Waals surface area contributed by atoms with Crippen molar-refractivity contribution in [1.82, 2.24) is 10.3 Å². The van der Waals surface area contributed by atoms with E-state index in [9.17, 15) is 22.8 Å². The first-order valence-electron chi connectivity index (χ1n) is 6.22. The number of aromatic nitrogens is 1. The van der Waals surface area contributed by atoms with E-state index in [4.69, 9.17) is 0 Å². The van der Waals surface area contributed by atoms with Gasteiger partial charge >= 0.3 is 12.2 Å². The molecule has 0 radical (unpaired) electrons. The summed E-state index contributed by atoms with van der Waals surface area (Å²) in [6.07, 6.45) is -4.57. The van der Waals surface area contributed by atoms with Gasteiger partial charge in [-0.25, -0.2) is 9.78 Å². The zero-order valence-corrected chi connectivity index (χ0v) is 12.5. The quantitative estimate of drug-likeness (QED) is 0.800. The fraction of sp³-hybridized carbons (Fsp3) is 0.154. The molecule has 122 valence electrons. The molecule has 10 heteroatoms. The monoisotopic (exact) mass is 344 g/mol. The van der Waals surface area contributed by atoms with Crippen LogP contribution in [0.1, 0.15) is 15.5 Å². The first-order chi connectivity index (χ1) is 10.8. The van der Waals surface area contributed by atoms with Gasteiger partial charge in [-0.15, -0.1) is 11.3 Å². The van der Waals surface area contributed by atoms with Crippen LogP contribution in [0.15, 0.2) is 29.6 Å². The molecule has 0 atom stereocenters. The minimum absolute atomic E-state index is 0.310. The molecule has 3 N–H and O–H groups in total. The van der Waals surface area contributed by atoms with Crippen LogP contribution in [0.4, 0.5) is 29.3 Å². The van der Waals surface area contributed by atoms with Crippen molar-refractivity contribution < 1.29 is 22.8 Å². The number of carbonyl (C=O) groups is 2. The van der Waals surface area contributed by atoms with Crippen LogP contribution in [-0.2, 0) is 6.18 Å². The summed E-state index contributed by atoms with van der Waals surface area (Å²) in [5, 5.41) is 7.30. The van der Waals surface area contributed by atoms with E-state index in [1.165, 1.54) is 31.3 Å².